The minimum absolute atomic E-state index is 0.313. The molecule has 0 saturated carbocycles. The van der Waals surface area contributed by atoms with Gasteiger partial charge in [0.1, 0.15) is 12.4 Å². The summed E-state index contributed by atoms with van der Waals surface area (Å²) in [6, 6.07) is 15.0. The van der Waals surface area contributed by atoms with Crippen LogP contribution in [-0.4, -0.2) is 11.1 Å². The van der Waals surface area contributed by atoms with Gasteiger partial charge in [-0.1, -0.05) is 29.8 Å². The number of carbonyl (C=O) groups excluding carboxylic acids is 1. The monoisotopic (exact) mass is 315 g/mol. The molecule has 0 aromatic heterocycles. The van der Waals surface area contributed by atoms with Crippen LogP contribution in [0.15, 0.2) is 48.5 Å². The van der Waals surface area contributed by atoms with Crippen molar-refractivity contribution in [1.29, 1.82) is 0 Å². The molecule has 0 aliphatic rings. The van der Waals surface area contributed by atoms with Crippen LogP contribution in [-0.2, 0) is 16.1 Å². The highest BCUT2D eigenvalue weighted by molar-refractivity contribution is 7.80. The number of hydrogen-bond donors (Lipinski definition) is 1. The molecule has 22 heavy (non-hydrogen) atoms. The molecule has 2 aromatic carbocycles. The summed E-state index contributed by atoms with van der Waals surface area (Å²) in [6.45, 7) is 3.74. The lowest BCUT2D eigenvalue weighted by atomic mass is 10.2. The standard InChI is InChI=1S/C17H17NO3S/c1-12-3-7-15(8-4-12)18-17(22)20-11-14-5-9-16(10-6-14)21-13(2)19/h3-10H,11H2,1-2H3,(H,18,22). The minimum Gasteiger partial charge on any atom is -0.466 e. The number of thiocarbonyl (C=S) groups is 1. The van der Waals surface area contributed by atoms with Crippen molar-refractivity contribution in [2.45, 2.75) is 20.5 Å². The van der Waals surface area contributed by atoms with Crippen LogP contribution in [0, 0.1) is 6.92 Å². The van der Waals surface area contributed by atoms with Gasteiger partial charge in [-0.2, -0.15) is 0 Å². The van der Waals surface area contributed by atoms with Crippen LogP contribution in [0.4, 0.5) is 5.69 Å². The van der Waals surface area contributed by atoms with E-state index in [0.29, 0.717) is 17.5 Å². The highest BCUT2D eigenvalue weighted by atomic mass is 32.1. The van der Waals surface area contributed by atoms with Gasteiger partial charge in [0.2, 0.25) is 0 Å². The summed E-state index contributed by atoms with van der Waals surface area (Å²) in [6.07, 6.45) is 0. The number of anilines is 1. The SMILES string of the molecule is CC(=O)Oc1ccc(COC(=S)Nc2ccc(C)cc2)cc1. The van der Waals surface area contributed by atoms with E-state index in [2.05, 4.69) is 5.32 Å². The predicted octanol–water partition coefficient (Wildman–Crippen LogP) is 3.83. The molecule has 5 heteroatoms. The maximum absolute atomic E-state index is 10.8. The summed E-state index contributed by atoms with van der Waals surface area (Å²) in [5, 5.41) is 3.33. The molecular formula is C17H17NO3S. The maximum Gasteiger partial charge on any atom is 0.308 e. The first-order valence-corrected chi connectivity index (χ1v) is 7.21. The zero-order chi connectivity index (χ0) is 15.9. The van der Waals surface area contributed by atoms with Gasteiger partial charge >= 0.3 is 5.97 Å². The Bertz CT molecular complexity index is 651. The van der Waals surface area contributed by atoms with Crippen LogP contribution in [0.2, 0.25) is 0 Å². The second-order valence-electron chi connectivity index (χ2n) is 4.80. The second kappa shape index (κ2) is 7.56. The van der Waals surface area contributed by atoms with Gasteiger partial charge in [-0.3, -0.25) is 4.79 Å². The van der Waals surface area contributed by atoms with Crippen LogP contribution >= 0.6 is 12.2 Å². The van der Waals surface area contributed by atoms with E-state index in [0.717, 1.165) is 11.3 Å². The molecule has 114 valence electrons. The third kappa shape index (κ3) is 5.18. The summed E-state index contributed by atoms with van der Waals surface area (Å²) >= 11 is 5.15. The van der Waals surface area contributed by atoms with E-state index in [1.165, 1.54) is 12.5 Å². The Morgan fingerprint density at radius 3 is 2.32 bits per heavy atom. The number of carbonyl (C=O) groups is 1. The van der Waals surface area contributed by atoms with Gasteiger partial charge in [0.25, 0.3) is 5.17 Å². The van der Waals surface area contributed by atoms with Crippen molar-refractivity contribution >= 4 is 29.0 Å². The van der Waals surface area contributed by atoms with Crippen molar-refractivity contribution in [2.75, 3.05) is 5.32 Å². The molecule has 0 atom stereocenters. The number of aryl methyl sites for hydroxylation is 1. The maximum atomic E-state index is 10.8. The molecule has 0 aliphatic carbocycles. The Hall–Kier alpha value is -2.40. The zero-order valence-electron chi connectivity index (χ0n) is 12.5. The first-order valence-electron chi connectivity index (χ1n) is 6.81. The lowest BCUT2D eigenvalue weighted by Gasteiger charge is -2.10. The Morgan fingerprint density at radius 1 is 1.09 bits per heavy atom. The molecule has 0 heterocycles. The molecule has 1 N–H and O–H groups in total. The highest BCUT2D eigenvalue weighted by Crippen LogP contribution is 2.14. The summed E-state index contributed by atoms with van der Waals surface area (Å²) in [5.74, 6) is 0.170. The fourth-order valence-electron chi connectivity index (χ4n) is 1.76. The number of ether oxygens (including phenoxy) is 2. The molecule has 4 nitrogen and oxygen atoms in total. The van der Waals surface area contributed by atoms with Crippen molar-refractivity contribution in [3.63, 3.8) is 0 Å². The van der Waals surface area contributed by atoms with Gasteiger partial charge in [-0.15, -0.1) is 0 Å². The average molecular weight is 315 g/mol. The first kappa shape index (κ1) is 16.0. The number of rotatable bonds is 4. The molecule has 0 bridgehead atoms. The number of benzene rings is 2. The molecular weight excluding hydrogens is 298 g/mol. The van der Waals surface area contributed by atoms with Gasteiger partial charge in [0.05, 0.1) is 0 Å². The molecule has 2 aromatic rings. The van der Waals surface area contributed by atoms with Crippen LogP contribution in [0.1, 0.15) is 18.1 Å². The Balaban J connectivity index is 1.83. The highest BCUT2D eigenvalue weighted by Gasteiger charge is 2.02. The van der Waals surface area contributed by atoms with Gasteiger partial charge in [-0.05, 0) is 49.0 Å². The van der Waals surface area contributed by atoms with Gasteiger partial charge < -0.3 is 14.8 Å². The predicted molar refractivity (Wildman–Crippen MR) is 89.9 cm³/mol. The Labute approximate surface area is 135 Å². The molecule has 0 radical (unpaired) electrons. The fraction of sp³-hybridized carbons (Fsp3) is 0.176. The van der Waals surface area contributed by atoms with Crippen LogP contribution in [0.5, 0.6) is 5.75 Å². The van der Waals surface area contributed by atoms with Crippen molar-refractivity contribution in [3.05, 3.63) is 59.7 Å². The van der Waals surface area contributed by atoms with Crippen molar-refractivity contribution < 1.29 is 14.3 Å². The quantitative estimate of drug-likeness (QED) is 0.528. The van der Waals surface area contributed by atoms with E-state index < -0.39 is 0 Å². The topological polar surface area (TPSA) is 47.6 Å². The third-order valence-electron chi connectivity index (χ3n) is 2.85. The molecule has 0 saturated heterocycles. The van der Waals surface area contributed by atoms with E-state index in [-0.39, 0.29) is 5.97 Å². The Morgan fingerprint density at radius 2 is 1.73 bits per heavy atom. The van der Waals surface area contributed by atoms with Gasteiger partial charge in [-0.25, -0.2) is 0 Å². The third-order valence-corrected chi connectivity index (χ3v) is 3.07. The largest absolute Gasteiger partial charge is 0.466 e. The zero-order valence-corrected chi connectivity index (χ0v) is 13.3. The average Bonchev–Trinajstić information content (AvgIpc) is 2.48. The van der Waals surface area contributed by atoms with Crippen molar-refractivity contribution in [3.8, 4) is 5.75 Å². The second-order valence-corrected chi connectivity index (χ2v) is 5.18. The number of nitrogens with one attached hydrogen (secondary N) is 1. The van der Waals surface area contributed by atoms with Gasteiger partial charge in [0.15, 0.2) is 0 Å². The Kier molecular flexibility index (Phi) is 5.49. The van der Waals surface area contributed by atoms with Gasteiger partial charge in [0, 0.05) is 12.6 Å². The van der Waals surface area contributed by atoms with Crippen LogP contribution in [0.3, 0.4) is 0 Å². The number of esters is 1. The first-order chi connectivity index (χ1) is 10.5. The fourth-order valence-corrected chi connectivity index (χ4v) is 1.94. The smallest absolute Gasteiger partial charge is 0.308 e. The lowest BCUT2D eigenvalue weighted by molar-refractivity contribution is -0.131. The summed E-state index contributed by atoms with van der Waals surface area (Å²) in [4.78, 5) is 10.8. The van der Waals surface area contributed by atoms with E-state index in [9.17, 15) is 4.79 Å². The summed E-state index contributed by atoms with van der Waals surface area (Å²) < 4.78 is 10.5. The molecule has 0 unspecified atom stereocenters. The van der Waals surface area contributed by atoms with Crippen LogP contribution < -0.4 is 10.1 Å². The molecule has 2 rings (SSSR count). The van der Waals surface area contributed by atoms with Crippen molar-refractivity contribution in [1.82, 2.24) is 0 Å². The van der Waals surface area contributed by atoms with E-state index >= 15 is 0 Å². The minimum atomic E-state index is -0.340. The molecule has 0 aliphatic heterocycles. The summed E-state index contributed by atoms with van der Waals surface area (Å²) in [7, 11) is 0. The molecule has 0 amide bonds. The van der Waals surface area contributed by atoms with E-state index in [1.54, 1.807) is 12.1 Å². The summed E-state index contributed by atoms with van der Waals surface area (Å²) in [5.41, 5.74) is 3.01. The number of hydrogen-bond acceptors (Lipinski definition) is 4. The van der Waals surface area contributed by atoms with E-state index in [1.807, 2.05) is 43.3 Å². The van der Waals surface area contributed by atoms with Crippen LogP contribution in [0.25, 0.3) is 0 Å². The molecule has 0 fully saturated rings. The molecule has 0 spiro atoms. The van der Waals surface area contributed by atoms with Crippen molar-refractivity contribution in [2.24, 2.45) is 0 Å². The van der Waals surface area contributed by atoms with E-state index in [4.69, 9.17) is 21.7 Å². The lowest BCUT2D eigenvalue weighted by Crippen LogP contribution is -2.13. The normalized spacial score (nSPS) is 9.91.